The predicted molar refractivity (Wildman–Crippen MR) is 143 cm³/mol. The lowest BCUT2D eigenvalue weighted by Crippen LogP contribution is -2.29. The molecule has 0 fully saturated rings. The van der Waals surface area contributed by atoms with Crippen molar-refractivity contribution in [1.82, 2.24) is 4.31 Å². The standard InChI is InChI=1S/C25H27N2O5PS2/c1-25(2)17-18-11-10-15-21(23(18)31-25)30-24(28)26(3)35-27(19-12-6-5-7-13-19)33(4,29)32-20-14-8-9-16-22(20)34/h5-16,34H,17H2,1-4H3. The molecule has 7 nitrogen and oxygen atoms in total. The van der Waals surface area contributed by atoms with Crippen LogP contribution in [0.3, 0.4) is 0 Å². The van der Waals surface area contributed by atoms with Crippen LogP contribution in [0.25, 0.3) is 0 Å². The molecule has 0 aliphatic carbocycles. The number of para-hydroxylation sites is 3. The van der Waals surface area contributed by atoms with Crippen LogP contribution in [0.4, 0.5) is 10.5 Å². The van der Waals surface area contributed by atoms with Gasteiger partial charge in [0.1, 0.15) is 11.4 Å². The van der Waals surface area contributed by atoms with Crippen molar-refractivity contribution in [2.24, 2.45) is 0 Å². The first kappa shape index (κ1) is 25.4. The van der Waals surface area contributed by atoms with E-state index in [0.29, 0.717) is 27.8 Å². The van der Waals surface area contributed by atoms with Crippen molar-refractivity contribution in [3.63, 3.8) is 0 Å². The molecule has 0 saturated heterocycles. The van der Waals surface area contributed by atoms with E-state index in [4.69, 9.17) is 14.0 Å². The van der Waals surface area contributed by atoms with Gasteiger partial charge in [0.05, 0.1) is 17.8 Å². The lowest BCUT2D eigenvalue weighted by molar-refractivity contribution is 0.132. The Bertz CT molecular complexity index is 1270. The maximum absolute atomic E-state index is 13.8. The van der Waals surface area contributed by atoms with Gasteiger partial charge in [0.15, 0.2) is 11.5 Å². The summed E-state index contributed by atoms with van der Waals surface area (Å²) >= 11 is 5.33. The number of benzene rings is 3. The highest BCUT2D eigenvalue weighted by atomic mass is 32.2. The fraction of sp³-hybridized carbons (Fsp3) is 0.240. The number of rotatable bonds is 7. The minimum absolute atomic E-state index is 0.344. The maximum Gasteiger partial charge on any atom is 0.426 e. The molecule has 4 rings (SSSR count). The molecule has 184 valence electrons. The van der Waals surface area contributed by atoms with Crippen molar-refractivity contribution in [1.29, 1.82) is 0 Å². The Morgan fingerprint density at radius 1 is 1.03 bits per heavy atom. The molecule has 0 radical (unpaired) electrons. The van der Waals surface area contributed by atoms with Gasteiger partial charge in [0.25, 0.3) is 0 Å². The average molecular weight is 531 g/mol. The number of hydrogen-bond donors (Lipinski definition) is 1. The van der Waals surface area contributed by atoms with Crippen LogP contribution in [0, 0.1) is 0 Å². The molecule has 1 atom stereocenters. The number of carbonyl (C=O) groups excluding carboxylic acids is 1. The molecule has 1 aliphatic heterocycles. The van der Waals surface area contributed by atoms with Crippen molar-refractivity contribution in [2.75, 3.05) is 17.8 Å². The van der Waals surface area contributed by atoms with Crippen molar-refractivity contribution in [3.05, 3.63) is 78.4 Å². The average Bonchev–Trinajstić information content (AvgIpc) is 3.14. The van der Waals surface area contributed by atoms with E-state index in [1.165, 1.54) is 15.0 Å². The lowest BCUT2D eigenvalue weighted by atomic mass is 10.0. The monoisotopic (exact) mass is 530 g/mol. The minimum Gasteiger partial charge on any atom is -0.483 e. The summed E-state index contributed by atoms with van der Waals surface area (Å²) in [6.07, 6.45) is 0.0792. The number of anilines is 1. The van der Waals surface area contributed by atoms with Gasteiger partial charge in [-0.2, -0.15) is 0 Å². The Kier molecular flexibility index (Phi) is 7.31. The van der Waals surface area contributed by atoms with Gasteiger partial charge in [-0.1, -0.05) is 42.5 Å². The van der Waals surface area contributed by atoms with E-state index < -0.39 is 13.6 Å². The van der Waals surface area contributed by atoms with E-state index in [2.05, 4.69) is 12.6 Å². The van der Waals surface area contributed by atoms with Gasteiger partial charge in [-0.05, 0) is 44.2 Å². The summed E-state index contributed by atoms with van der Waals surface area (Å²) in [5.41, 5.74) is 1.22. The highest BCUT2D eigenvalue weighted by Gasteiger charge is 2.35. The number of thiol groups is 1. The van der Waals surface area contributed by atoms with Gasteiger partial charge in [0, 0.05) is 30.6 Å². The summed E-state index contributed by atoms with van der Waals surface area (Å²) in [6, 6.07) is 21.6. The van der Waals surface area contributed by atoms with Gasteiger partial charge in [-0.15, -0.1) is 12.6 Å². The Morgan fingerprint density at radius 3 is 2.40 bits per heavy atom. The molecule has 1 aliphatic rings. The van der Waals surface area contributed by atoms with Crippen molar-refractivity contribution in [3.8, 4) is 17.2 Å². The van der Waals surface area contributed by atoms with Gasteiger partial charge in [-0.25, -0.2) is 13.2 Å². The molecule has 0 saturated carbocycles. The molecule has 35 heavy (non-hydrogen) atoms. The molecule has 0 bridgehead atoms. The molecule has 3 aromatic rings. The zero-order chi connectivity index (χ0) is 25.2. The largest absolute Gasteiger partial charge is 0.483 e. The summed E-state index contributed by atoms with van der Waals surface area (Å²) in [4.78, 5) is 13.6. The zero-order valence-electron chi connectivity index (χ0n) is 19.9. The fourth-order valence-corrected chi connectivity index (χ4v) is 6.55. The highest BCUT2D eigenvalue weighted by Crippen LogP contribution is 2.55. The summed E-state index contributed by atoms with van der Waals surface area (Å²) in [6.45, 7) is 5.46. The molecule has 0 N–H and O–H groups in total. The van der Waals surface area contributed by atoms with Crippen LogP contribution in [-0.4, -0.2) is 29.7 Å². The quantitative estimate of drug-likeness (QED) is 0.199. The number of nitrogens with zero attached hydrogens (tertiary/aromatic N) is 2. The van der Waals surface area contributed by atoms with Crippen LogP contribution in [0.1, 0.15) is 19.4 Å². The second-order valence-corrected chi connectivity index (χ2v) is 12.7. The molecule has 1 unspecified atom stereocenters. The summed E-state index contributed by atoms with van der Waals surface area (Å²) < 4.78 is 34.2. The van der Waals surface area contributed by atoms with Crippen molar-refractivity contribution < 1.29 is 23.4 Å². The van der Waals surface area contributed by atoms with Gasteiger partial charge in [0.2, 0.25) is 0 Å². The van der Waals surface area contributed by atoms with E-state index >= 15 is 0 Å². The van der Waals surface area contributed by atoms with Crippen LogP contribution in [0.5, 0.6) is 17.2 Å². The summed E-state index contributed by atoms with van der Waals surface area (Å²) in [7, 11) is -1.96. The van der Waals surface area contributed by atoms with Crippen molar-refractivity contribution >= 4 is 44.1 Å². The number of ether oxygens (including phenoxy) is 2. The molecule has 0 aromatic heterocycles. The van der Waals surface area contributed by atoms with E-state index in [0.717, 1.165) is 24.1 Å². The smallest absolute Gasteiger partial charge is 0.426 e. The molecular weight excluding hydrogens is 503 g/mol. The molecule has 1 amide bonds. The number of hydrogen-bond acceptors (Lipinski definition) is 7. The summed E-state index contributed by atoms with van der Waals surface area (Å²) in [5.74, 6) is 1.30. The molecule has 0 spiro atoms. The van der Waals surface area contributed by atoms with E-state index in [1.807, 2.05) is 50.2 Å². The summed E-state index contributed by atoms with van der Waals surface area (Å²) in [5, 5.41) is 0. The highest BCUT2D eigenvalue weighted by molar-refractivity contribution is 8.05. The van der Waals surface area contributed by atoms with Crippen LogP contribution < -0.4 is 18.1 Å². The third-order valence-corrected chi connectivity index (χ3v) is 8.81. The molecule has 1 heterocycles. The fourth-order valence-electron chi connectivity index (χ4n) is 3.61. The van der Waals surface area contributed by atoms with Gasteiger partial charge in [-0.3, -0.25) is 4.57 Å². The SMILES string of the molecule is CN(SN(c1ccccc1)P(C)(=O)Oc1ccccc1S)C(=O)Oc1cccc2c1OC(C)(C)C2. The second kappa shape index (κ2) is 10.1. The topological polar surface area (TPSA) is 68.3 Å². The van der Waals surface area contributed by atoms with Gasteiger partial charge < -0.3 is 14.0 Å². The Balaban J connectivity index is 1.55. The predicted octanol–water partition coefficient (Wildman–Crippen LogP) is 7.09. The number of fused-ring (bicyclic) bond motifs is 1. The van der Waals surface area contributed by atoms with Crippen molar-refractivity contribution in [2.45, 2.75) is 30.8 Å². The first-order chi connectivity index (χ1) is 16.6. The third-order valence-electron chi connectivity index (χ3n) is 5.15. The van der Waals surface area contributed by atoms with E-state index in [-0.39, 0.29) is 5.60 Å². The van der Waals surface area contributed by atoms with E-state index in [9.17, 15) is 9.36 Å². The van der Waals surface area contributed by atoms with E-state index in [1.54, 1.807) is 43.4 Å². The minimum atomic E-state index is -3.51. The number of carbonyl (C=O) groups is 1. The Morgan fingerprint density at radius 2 is 1.69 bits per heavy atom. The van der Waals surface area contributed by atoms with Gasteiger partial charge >= 0.3 is 13.6 Å². The number of amides is 1. The maximum atomic E-state index is 13.8. The van der Waals surface area contributed by atoms with Crippen LogP contribution in [0.15, 0.2) is 77.7 Å². The first-order valence-electron chi connectivity index (χ1n) is 10.9. The van der Waals surface area contributed by atoms with Crippen LogP contribution in [0.2, 0.25) is 0 Å². The van der Waals surface area contributed by atoms with Crippen LogP contribution >= 0.6 is 32.3 Å². The first-order valence-corrected chi connectivity index (χ1v) is 14.1. The zero-order valence-corrected chi connectivity index (χ0v) is 22.5. The lowest BCUT2D eigenvalue weighted by Gasteiger charge is -2.31. The Hall–Kier alpha value is -2.74. The third kappa shape index (κ3) is 5.92. The Labute approximate surface area is 215 Å². The second-order valence-electron chi connectivity index (χ2n) is 8.70. The molecular formula is C25H27N2O5PS2. The molecule has 10 heteroatoms. The normalized spacial score (nSPS) is 15.3. The molecule has 3 aromatic carbocycles. The van der Waals surface area contributed by atoms with Crippen LogP contribution in [-0.2, 0) is 11.0 Å².